The van der Waals surface area contributed by atoms with Crippen molar-refractivity contribution in [2.45, 2.75) is 116 Å². The van der Waals surface area contributed by atoms with Crippen molar-refractivity contribution in [2.75, 3.05) is 0 Å². The summed E-state index contributed by atoms with van der Waals surface area (Å²) < 4.78 is 0. The molecule has 1 aromatic rings. The summed E-state index contributed by atoms with van der Waals surface area (Å²) in [4.78, 5) is 0. The van der Waals surface area contributed by atoms with Gasteiger partial charge >= 0.3 is 0 Å². The van der Waals surface area contributed by atoms with E-state index in [-0.39, 0.29) is 0 Å². The van der Waals surface area contributed by atoms with Gasteiger partial charge < -0.3 is 0 Å². The molecule has 1 atom stereocenters. The van der Waals surface area contributed by atoms with Crippen molar-refractivity contribution >= 4 is 5.57 Å². The fraction of sp³-hybridized carbons (Fsp3) is 0.714. The van der Waals surface area contributed by atoms with E-state index in [1.807, 2.05) is 0 Å². The molecule has 2 aliphatic carbocycles. The molecule has 156 valence electrons. The topological polar surface area (TPSA) is 0 Å². The first-order valence-corrected chi connectivity index (χ1v) is 12.6. The molecule has 0 nitrogen and oxygen atoms in total. The maximum Gasteiger partial charge on any atom is -0.0162 e. The van der Waals surface area contributed by atoms with Crippen molar-refractivity contribution < 1.29 is 0 Å². The van der Waals surface area contributed by atoms with Crippen LogP contribution in [0.2, 0.25) is 0 Å². The molecule has 0 heteroatoms. The Morgan fingerprint density at radius 2 is 1.46 bits per heavy atom. The molecule has 1 aromatic carbocycles. The van der Waals surface area contributed by atoms with Crippen molar-refractivity contribution in [3.63, 3.8) is 0 Å². The fourth-order valence-corrected chi connectivity index (χ4v) is 5.61. The van der Waals surface area contributed by atoms with Gasteiger partial charge in [-0.15, -0.1) is 0 Å². The lowest BCUT2D eigenvalue weighted by atomic mass is 9.76. The number of hydrogen-bond acceptors (Lipinski definition) is 0. The lowest BCUT2D eigenvalue weighted by Crippen LogP contribution is -2.13. The van der Waals surface area contributed by atoms with Crippen molar-refractivity contribution in [3.05, 3.63) is 41.5 Å². The summed E-state index contributed by atoms with van der Waals surface area (Å²) in [5.41, 5.74) is 4.69. The normalized spacial score (nSPS) is 25.5. The lowest BCUT2D eigenvalue weighted by Gasteiger charge is -2.29. The summed E-state index contributed by atoms with van der Waals surface area (Å²) in [6.45, 7) is 4.63. The number of unbranched alkanes of at least 4 members (excludes halogenated alkanes) is 4. The Hall–Kier alpha value is -1.04. The van der Waals surface area contributed by atoms with E-state index >= 15 is 0 Å². The molecule has 0 aliphatic heterocycles. The standard InChI is InChI=1S/C28H44/c1-3-5-6-7-8-10-24-13-17-26(18-14-24)28-21-19-27(20-22-28)25-15-11-23(9-4-2)12-16-25/h15,19-24,26H,3-14,16-18H2,1-2H3. The SMILES string of the molecule is CCCCCCCC1CCC(c2ccc(C3=CCC(CCC)CC3)cc2)CC1. The van der Waals surface area contributed by atoms with Crippen LogP contribution in [0.15, 0.2) is 30.3 Å². The Bertz CT molecular complexity index is 571. The van der Waals surface area contributed by atoms with Crippen LogP contribution in [-0.2, 0) is 0 Å². The van der Waals surface area contributed by atoms with Gasteiger partial charge in [-0.1, -0.05) is 95.6 Å². The first-order valence-electron chi connectivity index (χ1n) is 12.6. The molecule has 0 N–H and O–H groups in total. The van der Waals surface area contributed by atoms with Crippen LogP contribution in [0.3, 0.4) is 0 Å². The van der Waals surface area contributed by atoms with Gasteiger partial charge in [0.05, 0.1) is 0 Å². The summed E-state index contributed by atoms with van der Waals surface area (Å²) in [5.74, 6) is 2.77. The Kier molecular flexibility index (Phi) is 9.16. The van der Waals surface area contributed by atoms with Gasteiger partial charge in [-0.3, -0.25) is 0 Å². The zero-order valence-electron chi connectivity index (χ0n) is 18.7. The third-order valence-corrected chi connectivity index (χ3v) is 7.53. The summed E-state index contributed by atoms with van der Waals surface area (Å²) >= 11 is 0. The van der Waals surface area contributed by atoms with E-state index < -0.39 is 0 Å². The van der Waals surface area contributed by atoms with Gasteiger partial charge in [-0.05, 0) is 79.4 Å². The number of hydrogen-bond donors (Lipinski definition) is 0. The highest BCUT2D eigenvalue weighted by atomic mass is 14.3. The number of allylic oxidation sites excluding steroid dienone is 2. The van der Waals surface area contributed by atoms with Crippen molar-refractivity contribution in [2.24, 2.45) is 11.8 Å². The van der Waals surface area contributed by atoms with Gasteiger partial charge in [0.2, 0.25) is 0 Å². The van der Waals surface area contributed by atoms with Crippen molar-refractivity contribution in [1.82, 2.24) is 0 Å². The minimum Gasteiger partial charge on any atom is -0.0804 e. The van der Waals surface area contributed by atoms with E-state index in [9.17, 15) is 0 Å². The molecular formula is C28H44. The molecule has 1 fully saturated rings. The molecule has 0 amide bonds. The number of benzene rings is 1. The maximum atomic E-state index is 2.53. The molecule has 0 heterocycles. The number of rotatable bonds is 10. The van der Waals surface area contributed by atoms with Crippen LogP contribution in [-0.4, -0.2) is 0 Å². The van der Waals surface area contributed by atoms with Gasteiger partial charge in [0.25, 0.3) is 0 Å². The summed E-state index contributed by atoms with van der Waals surface area (Å²) in [6.07, 6.45) is 23.7. The zero-order valence-corrected chi connectivity index (χ0v) is 18.7. The molecular weight excluding hydrogens is 336 g/mol. The molecule has 0 radical (unpaired) electrons. The average molecular weight is 381 g/mol. The maximum absolute atomic E-state index is 2.53. The van der Waals surface area contributed by atoms with Gasteiger partial charge in [0.15, 0.2) is 0 Å². The lowest BCUT2D eigenvalue weighted by molar-refractivity contribution is 0.302. The van der Waals surface area contributed by atoms with E-state index in [0.29, 0.717) is 0 Å². The largest absolute Gasteiger partial charge is 0.0804 e. The summed E-state index contributed by atoms with van der Waals surface area (Å²) in [6, 6.07) is 9.73. The highest BCUT2D eigenvalue weighted by Crippen LogP contribution is 2.39. The third-order valence-electron chi connectivity index (χ3n) is 7.53. The highest BCUT2D eigenvalue weighted by molar-refractivity contribution is 5.66. The van der Waals surface area contributed by atoms with E-state index in [2.05, 4.69) is 44.2 Å². The minimum atomic E-state index is 0.819. The molecule has 3 rings (SSSR count). The second-order valence-electron chi connectivity index (χ2n) is 9.70. The van der Waals surface area contributed by atoms with E-state index in [1.165, 1.54) is 102 Å². The van der Waals surface area contributed by atoms with Crippen LogP contribution >= 0.6 is 0 Å². The van der Waals surface area contributed by atoms with Gasteiger partial charge in [0.1, 0.15) is 0 Å². The van der Waals surface area contributed by atoms with Crippen LogP contribution < -0.4 is 0 Å². The molecule has 1 saturated carbocycles. The molecule has 1 unspecified atom stereocenters. The van der Waals surface area contributed by atoms with E-state index in [1.54, 1.807) is 11.1 Å². The Balaban J connectivity index is 1.42. The van der Waals surface area contributed by atoms with Gasteiger partial charge in [-0.2, -0.15) is 0 Å². The Labute approximate surface area is 175 Å². The third kappa shape index (κ3) is 6.50. The van der Waals surface area contributed by atoms with Crippen LogP contribution in [0.4, 0.5) is 0 Å². The summed E-state index contributed by atoms with van der Waals surface area (Å²) in [7, 11) is 0. The first-order chi connectivity index (χ1) is 13.8. The van der Waals surface area contributed by atoms with E-state index in [0.717, 1.165) is 17.8 Å². The summed E-state index contributed by atoms with van der Waals surface area (Å²) in [5, 5.41) is 0. The highest BCUT2D eigenvalue weighted by Gasteiger charge is 2.22. The monoisotopic (exact) mass is 380 g/mol. The second kappa shape index (κ2) is 11.8. The predicted octanol–water partition coefficient (Wildman–Crippen LogP) is 9.30. The average Bonchev–Trinajstić information content (AvgIpc) is 2.75. The first kappa shape index (κ1) is 21.7. The smallest absolute Gasteiger partial charge is 0.0162 e. The molecule has 28 heavy (non-hydrogen) atoms. The molecule has 0 bridgehead atoms. The van der Waals surface area contributed by atoms with Crippen LogP contribution in [0, 0.1) is 11.8 Å². The molecule has 0 aromatic heterocycles. The van der Waals surface area contributed by atoms with Crippen LogP contribution in [0.5, 0.6) is 0 Å². The molecule has 0 spiro atoms. The minimum absolute atomic E-state index is 0.819. The zero-order chi connectivity index (χ0) is 19.6. The van der Waals surface area contributed by atoms with E-state index in [4.69, 9.17) is 0 Å². The van der Waals surface area contributed by atoms with Crippen molar-refractivity contribution in [3.8, 4) is 0 Å². The Morgan fingerprint density at radius 1 is 0.714 bits per heavy atom. The predicted molar refractivity (Wildman–Crippen MR) is 125 cm³/mol. The van der Waals surface area contributed by atoms with Crippen LogP contribution in [0.25, 0.3) is 5.57 Å². The van der Waals surface area contributed by atoms with Crippen LogP contribution in [0.1, 0.15) is 127 Å². The van der Waals surface area contributed by atoms with Gasteiger partial charge in [-0.25, -0.2) is 0 Å². The Morgan fingerprint density at radius 3 is 2.11 bits per heavy atom. The molecule has 2 aliphatic rings. The quantitative estimate of drug-likeness (QED) is 0.355. The second-order valence-corrected chi connectivity index (χ2v) is 9.70. The van der Waals surface area contributed by atoms with Gasteiger partial charge in [0, 0.05) is 0 Å². The van der Waals surface area contributed by atoms with Crippen molar-refractivity contribution in [1.29, 1.82) is 0 Å². The fourth-order valence-electron chi connectivity index (χ4n) is 5.61. The molecule has 0 saturated heterocycles.